The van der Waals surface area contributed by atoms with Gasteiger partial charge in [-0.3, -0.25) is 4.79 Å². The van der Waals surface area contributed by atoms with E-state index in [0.717, 1.165) is 18.3 Å². The molecule has 0 aromatic heterocycles. The molecule has 0 aromatic carbocycles. The van der Waals surface area contributed by atoms with E-state index in [0.29, 0.717) is 18.9 Å². The quantitative estimate of drug-likeness (QED) is 0.482. The molecule has 0 radical (unpaired) electrons. The number of carbonyl (C=O) groups is 1. The second-order valence-corrected chi connectivity index (χ2v) is 6.48. The molecule has 0 aromatic rings. The number of carbonyl (C=O) groups excluding carboxylic acids is 1. The van der Waals surface area contributed by atoms with Gasteiger partial charge in [-0.2, -0.15) is 0 Å². The van der Waals surface area contributed by atoms with Crippen LogP contribution < -0.4 is 0 Å². The molecule has 0 aliphatic carbocycles. The maximum absolute atomic E-state index is 11.3. The zero-order valence-corrected chi connectivity index (χ0v) is 13.7. The van der Waals surface area contributed by atoms with Gasteiger partial charge in [0.05, 0.1) is 6.61 Å². The van der Waals surface area contributed by atoms with Gasteiger partial charge in [0.25, 0.3) is 0 Å². The molecule has 0 fully saturated rings. The lowest BCUT2D eigenvalue weighted by Crippen LogP contribution is -2.09. The molecular weight excluding hydrogens is 236 g/mol. The molecule has 0 heterocycles. The fraction of sp³-hybridized carbons (Fsp3) is 0.941. The molecule has 0 bridgehead atoms. The van der Waals surface area contributed by atoms with Crippen LogP contribution in [0.5, 0.6) is 0 Å². The number of hydrogen-bond acceptors (Lipinski definition) is 2. The Hall–Kier alpha value is -0.530. The largest absolute Gasteiger partial charge is 0.466 e. The minimum Gasteiger partial charge on any atom is -0.466 e. The van der Waals surface area contributed by atoms with Gasteiger partial charge in [0.1, 0.15) is 0 Å². The van der Waals surface area contributed by atoms with Gasteiger partial charge in [-0.05, 0) is 24.7 Å². The second kappa shape index (κ2) is 11.3. The van der Waals surface area contributed by atoms with E-state index in [1.54, 1.807) is 0 Å². The van der Waals surface area contributed by atoms with Crippen LogP contribution in [0.2, 0.25) is 0 Å². The van der Waals surface area contributed by atoms with Crippen molar-refractivity contribution >= 4 is 5.97 Å². The van der Waals surface area contributed by atoms with E-state index in [1.807, 2.05) is 6.92 Å². The predicted octanol–water partition coefficient (Wildman–Crippen LogP) is 5.21. The van der Waals surface area contributed by atoms with Gasteiger partial charge in [-0.1, -0.05) is 66.2 Å². The van der Waals surface area contributed by atoms with Crippen LogP contribution in [-0.2, 0) is 9.53 Å². The summed E-state index contributed by atoms with van der Waals surface area (Å²) in [5, 5.41) is 0. The lowest BCUT2D eigenvalue weighted by Gasteiger charge is -2.14. The van der Waals surface area contributed by atoms with Crippen LogP contribution in [0.15, 0.2) is 0 Å². The number of ether oxygens (including phenoxy) is 1. The van der Waals surface area contributed by atoms with Gasteiger partial charge < -0.3 is 4.74 Å². The third-order valence-corrected chi connectivity index (χ3v) is 3.69. The van der Waals surface area contributed by atoms with Crippen molar-refractivity contribution in [1.29, 1.82) is 0 Å². The third-order valence-electron chi connectivity index (χ3n) is 3.69. The van der Waals surface area contributed by atoms with Crippen LogP contribution in [0.1, 0.15) is 79.6 Å². The first-order chi connectivity index (χ1) is 8.95. The Morgan fingerprint density at radius 3 is 1.95 bits per heavy atom. The molecule has 0 N–H and O–H groups in total. The molecule has 0 amide bonds. The molecule has 2 nitrogen and oxygen atoms in total. The van der Waals surface area contributed by atoms with Crippen molar-refractivity contribution in [3.63, 3.8) is 0 Å². The summed E-state index contributed by atoms with van der Waals surface area (Å²) in [5.74, 6) is 2.08. The Bertz CT molecular complexity index is 223. The summed E-state index contributed by atoms with van der Waals surface area (Å²) in [7, 11) is 0. The lowest BCUT2D eigenvalue weighted by molar-refractivity contribution is -0.144. The lowest BCUT2D eigenvalue weighted by atomic mass is 9.93. The molecule has 114 valence electrons. The van der Waals surface area contributed by atoms with Crippen LogP contribution in [0.4, 0.5) is 0 Å². The van der Waals surface area contributed by atoms with Crippen LogP contribution in [0.25, 0.3) is 0 Å². The summed E-state index contributed by atoms with van der Waals surface area (Å²) < 4.78 is 4.98. The second-order valence-electron chi connectivity index (χ2n) is 6.48. The smallest absolute Gasteiger partial charge is 0.306 e. The Morgan fingerprint density at radius 1 is 0.895 bits per heavy atom. The van der Waals surface area contributed by atoms with E-state index in [2.05, 4.69) is 27.7 Å². The van der Waals surface area contributed by atoms with Crippen molar-refractivity contribution in [1.82, 2.24) is 0 Å². The summed E-state index contributed by atoms with van der Waals surface area (Å²) in [6.07, 6.45) is 8.32. The average molecular weight is 270 g/mol. The minimum atomic E-state index is -0.0417. The molecule has 0 unspecified atom stereocenters. The van der Waals surface area contributed by atoms with E-state index in [-0.39, 0.29) is 5.97 Å². The summed E-state index contributed by atoms with van der Waals surface area (Å²) in [4.78, 5) is 11.3. The topological polar surface area (TPSA) is 26.3 Å². The van der Waals surface area contributed by atoms with Gasteiger partial charge in [0.2, 0.25) is 0 Å². The molecule has 0 aliphatic heterocycles. The number of esters is 1. The van der Waals surface area contributed by atoms with E-state index in [4.69, 9.17) is 4.74 Å². The van der Waals surface area contributed by atoms with Crippen molar-refractivity contribution in [3.05, 3.63) is 0 Å². The molecule has 2 heteroatoms. The Kier molecular flexibility index (Phi) is 11.0. The Morgan fingerprint density at radius 2 is 1.42 bits per heavy atom. The van der Waals surface area contributed by atoms with Gasteiger partial charge >= 0.3 is 5.97 Å². The van der Waals surface area contributed by atoms with Gasteiger partial charge in [0, 0.05) is 6.42 Å². The first-order valence-electron chi connectivity index (χ1n) is 8.11. The minimum absolute atomic E-state index is 0.0417. The van der Waals surface area contributed by atoms with E-state index < -0.39 is 0 Å². The fourth-order valence-corrected chi connectivity index (χ4v) is 2.44. The molecule has 0 rings (SSSR count). The molecule has 0 aliphatic rings. The SMILES string of the molecule is CCOC(=O)C[C@@H](C)CCC[C@H](C)CCCC(C)C. The van der Waals surface area contributed by atoms with Gasteiger partial charge in [-0.25, -0.2) is 0 Å². The molecule has 19 heavy (non-hydrogen) atoms. The standard InChI is InChI=1S/C17H34O2/c1-6-19-17(18)13-16(5)12-8-11-15(4)10-7-9-14(2)3/h14-16H,6-13H2,1-5H3/t15-,16+/m1/s1. The number of rotatable bonds is 11. The van der Waals surface area contributed by atoms with Crippen LogP contribution in [0, 0.1) is 17.8 Å². The van der Waals surface area contributed by atoms with E-state index in [1.165, 1.54) is 32.1 Å². The maximum Gasteiger partial charge on any atom is 0.306 e. The fourth-order valence-electron chi connectivity index (χ4n) is 2.44. The van der Waals surface area contributed by atoms with Crippen molar-refractivity contribution in [2.45, 2.75) is 79.6 Å². The van der Waals surface area contributed by atoms with Crippen LogP contribution in [0.3, 0.4) is 0 Å². The van der Waals surface area contributed by atoms with E-state index in [9.17, 15) is 4.79 Å². The highest BCUT2D eigenvalue weighted by molar-refractivity contribution is 5.69. The summed E-state index contributed by atoms with van der Waals surface area (Å²) in [5.41, 5.74) is 0. The van der Waals surface area contributed by atoms with Crippen LogP contribution in [-0.4, -0.2) is 12.6 Å². The van der Waals surface area contributed by atoms with Gasteiger partial charge in [0.15, 0.2) is 0 Å². The number of hydrogen-bond donors (Lipinski definition) is 0. The zero-order valence-electron chi connectivity index (χ0n) is 13.7. The van der Waals surface area contributed by atoms with Crippen molar-refractivity contribution < 1.29 is 9.53 Å². The monoisotopic (exact) mass is 270 g/mol. The maximum atomic E-state index is 11.3. The van der Waals surface area contributed by atoms with Crippen LogP contribution >= 0.6 is 0 Å². The molecule has 2 atom stereocenters. The molecule has 0 saturated carbocycles. The van der Waals surface area contributed by atoms with Crippen molar-refractivity contribution in [2.75, 3.05) is 6.61 Å². The Labute approximate surface area is 120 Å². The molecular formula is C17H34O2. The summed E-state index contributed by atoms with van der Waals surface area (Å²) in [6.45, 7) is 11.5. The highest BCUT2D eigenvalue weighted by Gasteiger charge is 2.10. The predicted molar refractivity (Wildman–Crippen MR) is 82.1 cm³/mol. The zero-order chi connectivity index (χ0) is 14.7. The van der Waals surface area contributed by atoms with E-state index >= 15 is 0 Å². The summed E-state index contributed by atoms with van der Waals surface area (Å²) >= 11 is 0. The molecule has 0 spiro atoms. The third kappa shape index (κ3) is 12.3. The van der Waals surface area contributed by atoms with Crippen molar-refractivity contribution in [2.24, 2.45) is 17.8 Å². The first-order valence-corrected chi connectivity index (χ1v) is 8.11. The summed E-state index contributed by atoms with van der Waals surface area (Å²) in [6, 6.07) is 0. The first kappa shape index (κ1) is 18.5. The molecule has 0 saturated heterocycles. The normalized spacial score (nSPS) is 14.4. The highest BCUT2D eigenvalue weighted by atomic mass is 16.5. The van der Waals surface area contributed by atoms with Crippen molar-refractivity contribution in [3.8, 4) is 0 Å². The Balaban J connectivity index is 3.52. The van der Waals surface area contributed by atoms with Gasteiger partial charge in [-0.15, -0.1) is 0 Å². The average Bonchev–Trinajstić information content (AvgIpc) is 2.28. The highest BCUT2D eigenvalue weighted by Crippen LogP contribution is 2.20.